The summed E-state index contributed by atoms with van der Waals surface area (Å²) in [4.78, 5) is 18.8. The number of anilines is 2. The maximum absolute atomic E-state index is 12.1. The van der Waals surface area contributed by atoms with E-state index in [-0.39, 0.29) is 6.03 Å². The summed E-state index contributed by atoms with van der Waals surface area (Å²) in [5.74, 6) is 0.884. The average Bonchev–Trinajstić information content (AvgIpc) is 3.11. The summed E-state index contributed by atoms with van der Waals surface area (Å²) in [5.41, 5.74) is 2.28. The van der Waals surface area contributed by atoms with Gasteiger partial charge >= 0.3 is 6.03 Å². The van der Waals surface area contributed by atoms with Crippen molar-refractivity contribution in [1.82, 2.24) is 10.3 Å². The molecule has 0 spiro atoms. The van der Waals surface area contributed by atoms with Gasteiger partial charge in [-0.1, -0.05) is 11.6 Å². The molecule has 2 heterocycles. The molecule has 5 heteroatoms. The van der Waals surface area contributed by atoms with Gasteiger partial charge in [0.15, 0.2) is 5.82 Å². The summed E-state index contributed by atoms with van der Waals surface area (Å²) >= 11 is 0. The molecule has 1 aromatic heterocycles. The highest BCUT2D eigenvalue weighted by Gasteiger charge is 2.17. The second-order valence-corrected chi connectivity index (χ2v) is 6.31. The Kier molecular flexibility index (Phi) is 5.51. The summed E-state index contributed by atoms with van der Waals surface area (Å²) < 4.78 is 0. The number of pyridine rings is 1. The number of hydrogen-bond acceptors (Lipinski definition) is 3. The van der Waals surface area contributed by atoms with Crippen molar-refractivity contribution in [1.29, 1.82) is 0 Å². The highest BCUT2D eigenvalue weighted by Crippen LogP contribution is 2.26. The molecule has 1 saturated heterocycles. The molecular weight excluding hydrogens is 288 g/mol. The molecule has 23 heavy (non-hydrogen) atoms. The van der Waals surface area contributed by atoms with Crippen molar-refractivity contribution in [2.24, 2.45) is 0 Å². The van der Waals surface area contributed by atoms with Crippen molar-refractivity contribution in [2.75, 3.05) is 29.9 Å². The Balaban J connectivity index is 1.50. The summed E-state index contributed by atoms with van der Waals surface area (Å²) in [7, 11) is 0. The maximum atomic E-state index is 12.1. The topological polar surface area (TPSA) is 57.3 Å². The molecule has 5 nitrogen and oxygen atoms in total. The first-order valence-corrected chi connectivity index (χ1v) is 8.75. The number of allylic oxidation sites excluding steroid dienone is 1. The number of aromatic nitrogens is 1. The van der Waals surface area contributed by atoms with Crippen LogP contribution in [0.3, 0.4) is 0 Å². The summed E-state index contributed by atoms with van der Waals surface area (Å²) in [6, 6.07) is 3.64. The fraction of sp³-hybridized carbons (Fsp3) is 0.556. The van der Waals surface area contributed by atoms with Gasteiger partial charge < -0.3 is 15.5 Å². The van der Waals surface area contributed by atoms with Gasteiger partial charge in [0.2, 0.25) is 0 Å². The Hall–Kier alpha value is -2.04. The fourth-order valence-corrected chi connectivity index (χ4v) is 3.31. The third-order valence-corrected chi connectivity index (χ3v) is 4.56. The second-order valence-electron chi connectivity index (χ2n) is 6.31. The minimum Gasteiger partial charge on any atom is -0.355 e. The van der Waals surface area contributed by atoms with Crippen LogP contribution >= 0.6 is 0 Å². The quantitative estimate of drug-likeness (QED) is 0.815. The molecule has 0 aromatic carbocycles. The lowest BCUT2D eigenvalue weighted by atomic mass is 9.97. The number of nitrogens with one attached hydrogen (secondary N) is 2. The highest BCUT2D eigenvalue weighted by atomic mass is 16.2. The monoisotopic (exact) mass is 314 g/mol. The minimum atomic E-state index is -0.144. The molecule has 0 saturated carbocycles. The van der Waals surface area contributed by atoms with Gasteiger partial charge in [0.05, 0.1) is 5.69 Å². The molecule has 3 rings (SSSR count). The molecule has 0 atom stereocenters. The summed E-state index contributed by atoms with van der Waals surface area (Å²) in [6.45, 7) is 2.72. The van der Waals surface area contributed by atoms with Crippen LogP contribution in [0, 0.1) is 0 Å². The molecule has 2 amide bonds. The molecule has 1 fully saturated rings. The van der Waals surface area contributed by atoms with Crippen molar-refractivity contribution in [3.05, 3.63) is 30.0 Å². The van der Waals surface area contributed by atoms with Crippen LogP contribution in [0.15, 0.2) is 30.0 Å². The van der Waals surface area contributed by atoms with Crippen LogP contribution in [0.4, 0.5) is 16.3 Å². The van der Waals surface area contributed by atoms with Gasteiger partial charge in [-0.2, -0.15) is 0 Å². The van der Waals surface area contributed by atoms with Crippen LogP contribution in [-0.4, -0.2) is 30.6 Å². The predicted octanol–water partition coefficient (Wildman–Crippen LogP) is 3.69. The van der Waals surface area contributed by atoms with Crippen LogP contribution in [0.2, 0.25) is 0 Å². The first-order valence-electron chi connectivity index (χ1n) is 8.75. The van der Waals surface area contributed by atoms with Gasteiger partial charge in [-0.25, -0.2) is 9.78 Å². The van der Waals surface area contributed by atoms with E-state index >= 15 is 0 Å². The molecule has 1 aliphatic heterocycles. The van der Waals surface area contributed by atoms with Crippen LogP contribution in [-0.2, 0) is 0 Å². The Labute approximate surface area is 138 Å². The average molecular weight is 314 g/mol. The third kappa shape index (κ3) is 4.47. The first-order chi connectivity index (χ1) is 11.3. The molecule has 0 radical (unpaired) electrons. The van der Waals surface area contributed by atoms with E-state index in [1.165, 1.54) is 44.1 Å². The number of urea groups is 1. The smallest absolute Gasteiger partial charge is 0.319 e. The van der Waals surface area contributed by atoms with E-state index in [1.807, 2.05) is 12.1 Å². The fourth-order valence-electron chi connectivity index (χ4n) is 3.31. The third-order valence-electron chi connectivity index (χ3n) is 4.56. The number of carbonyl (C=O) groups excluding carboxylic acids is 1. The zero-order chi connectivity index (χ0) is 15.9. The van der Waals surface area contributed by atoms with Crippen molar-refractivity contribution in [2.45, 2.75) is 44.9 Å². The highest BCUT2D eigenvalue weighted by molar-refractivity contribution is 5.92. The number of hydrogen-bond donors (Lipinski definition) is 2. The Bertz CT molecular complexity index is 564. The van der Waals surface area contributed by atoms with Crippen molar-refractivity contribution < 1.29 is 4.79 Å². The lowest BCUT2D eigenvalue weighted by Gasteiger charge is -2.20. The van der Waals surface area contributed by atoms with E-state index in [0.29, 0.717) is 6.54 Å². The molecule has 2 N–H and O–H groups in total. The lowest BCUT2D eigenvalue weighted by molar-refractivity contribution is 0.252. The van der Waals surface area contributed by atoms with Gasteiger partial charge in [-0.05, 0) is 57.1 Å². The maximum Gasteiger partial charge on any atom is 0.319 e. The van der Waals surface area contributed by atoms with E-state index in [1.54, 1.807) is 6.20 Å². The van der Waals surface area contributed by atoms with Crippen molar-refractivity contribution in [3.63, 3.8) is 0 Å². The minimum absolute atomic E-state index is 0.144. The van der Waals surface area contributed by atoms with Crippen LogP contribution in [0.1, 0.15) is 44.9 Å². The van der Waals surface area contributed by atoms with Crippen LogP contribution in [0.5, 0.6) is 0 Å². The SMILES string of the molecule is O=C(NCCC1=CCCCC1)Nc1cccnc1N1CCCC1. The van der Waals surface area contributed by atoms with Gasteiger partial charge in [-0.3, -0.25) is 0 Å². The van der Waals surface area contributed by atoms with Gasteiger partial charge in [0.25, 0.3) is 0 Å². The molecule has 1 aliphatic carbocycles. The zero-order valence-electron chi connectivity index (χ0n) is 13.7. The number of rotatable bonds is 5. The number of carbonyl (C=O) groups is 1. The second kappa shape index (κ2) is 7.99. The Morgan fingerprint density at radius 1 is 1.22 bits per heavy atom. The van der Waals surface area contributed by atoms with Crippen LogP contribution in [0.25, 0.3) is 0 Å². The normalized spacial score (nSPS) is 17.7. The zero-order valence-corrected chi connectivity index (χ0v) is 13.7. The van der Waals surface area contributed by atoms with Crippen molar-refractivity contribution in [3.8, 4) is 0 Å². The first kappa shape index (κ1) is 15.8. The summed E-state index contributed by atoms with van der Waals surface area (Å²) in [5, 5.41) is 5.91. The standard InChI is InChI=1S/C18H26N4O/c23-18(20-12-10-15-7-2-1-3-8-15)21-16-9-6-11-19-17(16)22-13-4-5-14-22/h6-7,9,11H,1-5,8,10,12-14H2,(H2,20,21,23). The predicted molar refractivity (Wildman–Crippen MR) is 93.9 cm³/mol. The molecular formula is C18H26N4O. The molecule has 1 aromatic rings. The molecule has 0 bridgehead atoms. The van der Waals surface area contributed by atoms with E-state index in [4.69, 9.17) is 0 Å². The van der Waals surface area contributed by atoms with Gasteiger partial charge in [-0.15, -0.1) is 0 Å². The van der Waals surface area contributed by atoms with Crippen LogP contribution < -0.4 is 15.5 Å². The number of nitrogens with zero attached hydrogens (tertiary/aromatic N) is 2. The van der Waals surface area contributed by atoms with Gasteiger partial charge in [0, 0.05) is 25.8 Å². The van der Waals surface area contributed by atoms with E-state index in [0.717, 1.165) is 31.0 Å². The van der Waals surface area contributed by atoms with E-state index in [9.17, 15) is 4.79 Å². The molecule has 2 aliphatic rings. The summed E-state index contributed by atoms with van der Waals surface area (Å²) in [6.07, 6.45) is 12.4. The largest absolute Gasteiger partial charge is 0.355 e. The lowest BCUT2D eigenvalue weighted by Crippen LogP contribution is -2.31. The van der Waals surface area contributed by atoms with Gasteiger partial charge in [0.1, 0.15) is 0 Å². The van der Waals surface area contributed by atoms with E-state index in [2.05, 4.69) is 26.6 Å². The Morgan fingerprint density at radius 2 is 2.09 bits per heavy atom. The molecule has 124 valence electrons. The Morgan fingerprint density at radius 3 is 2.87 bits per heavy atom. The van der Waals surface area contributed by atoms with E-state index < -0.39 is 0 Å². The molecule has 0 unspecified atom stereocenters. The van der Waals surface area contributed by atoms with Crippen molar-refractivity contribution >= 4 is 17.5 Å². The number of amides is 2.